The standard InChI is InChI=1S/C32H37Cl2N3O4S/c1-22-10-9-15-29(23(22)2)37(42(3,40)41)21-31(38)36(20-25-16-17-26(33)19-28(25)34)30(18-24-11-5-4-6-12-24)32(39)35-27-13-7-8-14-27/h4-6,9-12,15-17,19,27,30H,7-8,13-14,18,20-21H2,1-3H3,(H,35,39)/t30-/m0/s1. The van der Waals surface area contributed by atoms with Gasteiger partial charge in [0.15, 0.2) is 0 Å². The molecule has 0 radical (unpaired) electrons. The summed E-state index contributed by atoms with van der Waals surface area (Å²) < 4.78 is 27.3. The summed E-state index contributed by atoms with van der Waals surface area (Å²) in [6.45, 7) is 3.23. The Hall–Kier alpha value is -3.07. The number of hydrogen-bond acceptors (Lipinski definition) is 4. The molecule has 1 aliphatic carbocycles. The summed E-state index contributed by atoms with van der Waals surface area (Å²) in [5, 5.41) is 3.95. The molecule has 0 spiro atoms. The van der Waals surface area contributed by atoms with Crippen molar-refractivity contribution in [3.63, 3.8) is 0 Å². The van der Waals surface area contributed by atoms with Gasteiger partial charge in [0.2, 0.25) is 21.8 Å². The molecule has 0 aromatic heterocycles. The van der Waals surface area contributed by atoms with Crippen molar-refractivity contribution in [3.05, 3.63) is 99.0 Å². The molecular formula is C32H37Cl2N3O4S. The molecule has 1 saturated carbocycles. The highest BCUT2D eigenvalue weighted by Crippen LogP contribution is 2.28. The van der Waals surface area contributed by atoms with Gasteiger partial charge in [0.05, 0.1) is 11.9 Å². The first-order valence-electron chi connectivity index (χ1n) is 14.1. The van der Waals surface area contributed by atoms with Gasteiger partial charge in [-0.05, 0) is 67.1 Å². The second-order valence-corrected chi connectivity index (χ2v) is 13.7. The molecule has 7 nitrogen and oxygen atoms in total. The summed E-state index contributed by atoms with van der Waals surface area (Å²) >= 11 is 12.7. The number of amides is 2. The van der Waals surface area contributed by atoms with Gasteiger partial charge in [-0.1, -0.05) is 84.6 Å². The molecule has 3 aromatic rings. The van der Waals surface area contributed by atoms with Crippen LogP contribution in [0, 0.1) is 13.8 Å². The highest BCUT2D eigenvalue weighted by molar-refractivity contribution is 7.92. The molecule has 0 bridgehead atoms. The minimum Gasteiger partial charge on any atom is -0.352 e. The molecule has 2 amide bonds. The lowest BCUT2D eigenvalue weighted by Crippen LogP contribution is -2.54. The van der Waals surface area contributed by atoms with Crippen molar-refractivity contribution in [2.75, 3.05) is 17.1 Å². The summed E-state index contributed by atoms with van der Waals surface area (Å²) in [6, 6.07) is 18.9. The zero-order valence-electron chi connectivity index (χ0n) is 24.1. The Morgan fingerprint density at radius 2 is 1.67 bits per heavy atom. The normalized spacial score (nSPS) is 14.4. The number of carbonyl (C=O) groups is 2. The molecule has 3 aromatic carbocycles. The number of anilines is 1. The Kier molecular flexibility index (Phi) is 10.6. The van der Waals surface area contributed by atoms with E-state index in [0.29, 0.717) is 21.3 Å². The van der Waals surface area contributed by atoms with Crippen LogP contribution in [0.5, 0.6) is 0 Å². The maximum Gasteiger partial charge on any atom is 0.244 e. The number of rotatable bonds is 11. The molecule has 42 heavy (non-hydrogen) atoms. The predicted molar refractivity (Wildman–Crippen MR) is 169 cm³/mol. The first-order chi connectivity index (χ1) is 19.9. The summed E-state index contributed by atoms with van der Waals surface area (Å²) in [6.07, 6.45) is 5.17. The van der Waals surface area contributed by atoms with Crippen LogP contribution in [0.2, 0.25) is 10.0 Å². The van der Waals surface area contributed by atoms with Crippen LogP contribution in [0.1, 0.15) is 47.9 Å². The van der Waals surface area contributed by atoms with Crippen LogP contribution in [0.25, 0.3) is 0 Å². The summed E-state index contributed by atoms with van der Waals surface area (Å²) in [7, 11) is -3.85. The highest BCUT2D eigenvalue weighted by Gasteiger charge is 2.35. The summed E-state index contributed by atoms with van der Waals surface area (Å²) in [4.78, 5) is 29.7. The molecule has 4 rings (SSSR count). The van der Waals surface area contributed by atoms with Crippen molar-refractivity contribution in [1.82, 2.24) is 10.2 Å². The van der Waals surface area contributed by atoms with Crippen molar-refractivity contribution < 1.29 is 18.0 Å². The van der Waals surface area contributed by atoms with E-state index in [1.807, 2.05) is 50.2 Å². The van der Waals surface area contributed by atoms with Crippen LogP contribution in [-0.4, -0.2) is 50.0 Å². The number of carbonyl (C=O) groups excluding carboxylic acids is 2. The van der Waals surface area contributed by atoms with E-state index in [1.54, 1.807) is 30.3 Å². The summed E-state index contributed by atoms with van der Waals surface area (Å²) in [5.41, 5.74) is 3.54. The number of nitrogens with one attached hydrogen (secondary N) is 1. The minimum absolute atomic E-state index is 0.00513. The van der Waals surface area contributed by atoms with Gasteiger partial charge in [0, 0.05) is 29.1 Å². The Labute approximate surface area is 258 Å². The van der Waals surface area contributed by atoms with Crippen LogP contribution in [-0.2, 0) is 32.6 Å². The fourth-order valence-corrected chi connectivity index (χ4v) is 6.72. The van der Waals surface area contributed by atoms with Crippen LogP contribution in [0.15, 0.2) is 66.7 Å². The average molecular weight is 631 g/mol. The van der Waals surface area contributed by atoms with Gasteiger partial charge < -0.3 is 10.2 Å². The van der Waals surface area contributed by atoms with Crippen molar-refractivity contribution in [3.8, 4) is 0 Å². The van der Waals surface area contributed by atoms with E-state index < -0.39 is 28.5 Å². The smallest absolute Gasteiger partial charge is 0.244 e. The molecular weight excluding hydrogens is 593 g/mol. The van der Waals surface area contributed by atoms with E-state index in [4.69, 9.17) is 23.2 Å². The molecule has 224 valence electrons. The first kappa shape index (κ1) is 31.9. The van der Waals surface area contributed by atoms with Gasteiger partial charge in [-0.2, -0.15) is 0 Å². The number of sulfonamides is 1. The molecule has 1 fully saturated rings. The summed E-state index contributed by atoms with van der Waals surface area (Å²) in [5.74, 6) is -0.795. The molecule has 0 saturated heterocycles. The Morgan fingerprint density at radius 3 is 2.31 bits per heavy atom. The Balaban J connectivity index is 1.77. The van der Waals surface area contributed by atoms with Gasteiger partial charge in [0.1, 0.15) is 12.6 Å². The molecule has 1 atom stereocenters. The molecule has 0 heterocycles. The van der Waals surface area contributed by atoms with E-state index >= 15 is 0 Å². The van der Waals surface area contributed by atoms with E-state index in [0.717, 1.165) is 52.9 Å². The van der Waals surface area contributed by atoms with Crippen molar-refractivity contribution in [2.24, 2.45) is 0 Å². The average Bonchev–Trinajstić information content (AvgIpc) is 3.45. The van der Waals surface area contributed by atoms with E-state index in [2.05, 4.69) is 5.32 Å². The van der Waals surface area contributed by atoms with E-state index in [-0.39, 0.29) is 24.9 Å². The van der Waals surface area contributed by atoms with Crippen molar-refractivity contribution in [1.29, 1.82) is 0 Å². The molecule has 0 aliphatic heterocycles. The number of benzene rings is 3. The Morgan fingerprint density at radius 1 is 0.976 bits per heavy atom. The monoisotopic (exact) mass is 629 g/mol. The zero-order chi connectivity index (χ0) is 30.4. The fraction of sp³-hybridized carbons (Fsp3) is 0.375. The Bertz CT molecular complexity index is 1530. The second-order valence-electron chi connectivity index (χ2n) is 10.9. The van der Waals surface area contributed by atoms with Crippen molar-refractivity contribution >= 4 is 50.7 Å². The molecule has 0 unspecified atom stereocenters. The lowest BCUT2D eigenvalue weighted by atomic mass is 10.0. The van der Waals surface area contributed by atoms with Crippen LogP contribution in [0.4, 0.5) is 5.69 Å². The zero-order valence-corrected chi connectivity index (χ0v) is 26.5. The van der Waals surface area contributed by atoms with Crippen LogP contribution in [0.3, 0.4) is 0 Å². The van der Waals surface area contributed by atoms with Gasteiger partial charge in [0.25, 0.3) is 0 Å². The number of hydrogen-bond donors (Lipinski definition) is 1. The first-order valence-corrected chi connectivity index (χ1v) is 16.7. The van der Waals surface area contributed by atoms with Gasteiger partial charge in [-0.25, -0.2) is 8.42 Å². The van der Waals surface area contributed by atoms with Crippen molar-refractivity contribution in [2.45, 2.75) is 64.6 Å². The third-order valence-electron chi connectivity index (χ3n) is 7.85. The SMILES string of the molecule is Cc1cccc(N(CC(=O)N(Cc2ccc(Cl)cc2Cl)[C@@H](Cc2ccccc2)C(=O)NC2CCCC2)S(C)(=O)=O)c1C. The molecule has 10 heteroatoms. The number of nitrogens with zero attached hydrogens (tertiary/aromatic N) is 2. The second kappa shape index (κ2) is 13.9. The van der Waals surface area contributed by atoms with E-state index in [9.17, 15) is 18.0 Å². The minimum atomic E-state index is -3.85. The number of aryl methyl sites for hydroxylation is 1. The van der Waals surface area contributed by atoms with Gasteiger partial charge in [-0.15, -0.1) is 0 Å². The van der Waals surface area contributed by atoms with Gasteiger partial charge in [-0.3, -0.25) is 13.9 Å². The molecule has 1 aliphatic rings. The fourth-order valence-electron chi connectivity index (χ4n) is 5.36. The quantitative estimate of drug-likeness (QED) is 0.279. The third kappa shape index (κ3) is 8.06. The van der Waals surface area contributed by atoms with Crippen LogP contribution < -0.4 is 9.62 Å². The van der Waals surface area contributed by atoms with Gasteiger partial charge >= 0.3 is 0 Å². The topological polar surface area (TPSA) is 86.8 Å². The third-order valence-corrected chi connectivity index (χ3v) is 9.57. The number of halogens is 2. The predicted octanol–water partition coefficient (Wildman–Crippen LogP) is 6.08. The highest BCUT2D eigenvalue weighted by atomic mass is 35.5. The molecule has 1 N–H and O–H groups in total. The largest absolute Gasteiger partial charge is 0.352 e. The maximum atomic E-state index is 14.3. The lowest BCUT2D eigenvalue weighted by Gasteiger charge is -2.34. The maximum absolute atomic E-state index is 14.3. The lowest BCUT2D eigenvalue weighted by molar-refractivity contribution is -0.140. The van der Waals surface area contributed by atoms with E-state index in [1.165, 1.54) is 4.90 Å². The van der Waals surface area contributed by atoms with Crippen LogP contribution >= 0.6 is 23.2 Å².